The molecular weight excluding hydrogens is 262 g/mol. The SMILES string of the molecule is CCNc1nc(Sc2cnccn2)nc(N(C)C)n1. The third kappa shape index (κ3) is 3.75. The summed E-state index contributed by atoms with van der Waals surface area (Å²) in [4.78, 5) is 23.1. The molecule has 0 aromatic carbocycles. The summed E-state index contributed by atoms with van der Waals surface area (Å²) in [5, 5.41) is 4.43. The van der Waals surface area contributed by atoms with E-state index in [1.54, 1.807) is 18.6 Å². The fourth-order valence-electron chi connectivity index (χ4n) is 1.26. The van der Waals surface area contributed by atoms with Gasteiger partial charge in [0.2, 0.25) is 17.1 Å². The number of hydrogen-bond donors (Lipinski definition) is 1. The van der Waals surface area contributed by atoms with Gasteiger partial charge >= 0.3 is 0 Å². The normalized spacial score (nSPS) is 10.3. The molecule has 1 N–H and O–H groups in total. The van der Waals surface area contributed by atoms with Crippen molar-refractivity contribution in [3.63, 3.8) is 0 Å². The second-order valence-corrected chi connectivity index (χ2v) is 4.80. The zero-order valence-electron chi connectivity index (χ0n) is 11.0. The zero-order chi connectivity index (χ0) is 13.7. The van der Waals surface area contributed by atoms with Crippen molar-refractivity contribution in [2.24, 2.45) is 0 Å². The van der Waals surface area contributed by atoms with Crippen molar-refractivity contribution in [2.75, 3.05) is 30.9 Å². The molecule has 0 spiro atoms. The summed E-state index contributed by atoms with van der Waals surface area (Å²) in [6.07, 6.45) is 4.95. The quantitative estimate of drug-likeness (QED) is 0.876. The Morgan fingerprint density at radius 2 is 2.05 bits per heavy atom. The second kappa shape index (κ2) is 6.28. The molecule has 2 aromatic heterocycles. The molecular formula is C11H15N7S. The van der Waals surface area contributed by atoms with Crippen molar-refractivity contribution >= 4 is 23.7 Å². The minimum atomic E-state index is 0.563. The number of anilines is 2. The summed E-state index contributed by atoms with van der Waals surface area (Å²) < 4.78 is 0. The highest BCUT2D eigenvalue weighted by Crippen LogP contribution is 2.23. The van der Waals surface area contributed by atoms with Gasteiger partial charge in [-0.2, -0.15) is 15.0 Å². The first-order valence-corrected chi connectivity index (χ1v) is 6.62. The Labute approximate surface area is 115 Å². The van der Waals surface area contributed by atoms with Crippen LogP contribution in [-0.4, -0.2) is 45.6 Å². The van der Waals surface area contributed by atoms with E-state index in [2.05, 4.69) is 30.2 Å². The van der Waals surface area contributed by atoms with E-state index in [0.717, 1.165) is 11.6 Å². The van der Waals surface area contributed by atoms with Gasteiger partial charge in [-0.1, -0.05) is 0 Å². The van der Waals surface area contributed by atoms with E-state index >= 15 is 0 Å². The van der Waals surface area contributed by atoms with Crippen molar-refractivity contribution in [3.05, 3.63) is 18.6 Å². The monoisotopic (exact) mass is 277 g/mol. The van der Waals surface area contributed by atoms with Crippen LogP contribution in [0.1, 0.15) is 6.92 Å². The first-order valence-electron chi connectivity index (χ1n) is 5.80. The molecule has 2 aromatic rings. The Morgan fingerprint density at radius 1 is 1.21 bits per heavy atom. The molecule has 2 heterocycles. The Balaban J connectivity index is 2.28. The number of aromatic nitrogens is 5. The third-order valence-corrected chi connectivity index (χ3v) is 2.86. The van der Waals surface area contributed by atoms with Crippen LogP contribution < -0.4 is 10.2 Å². The van der Waals surface area contributed by atoms with Crippen LogP contribution in [0.2, 0.25) is 0 Å². The molecule has 0 aliphatic carbocycles. The van der Waals surface area contributed by atoms with Crippen molar-refractivity contribution < 1.29 is 0 Å². The standard InChI is InChI=1S/C11H15N7S/c1-4-13-9-15-10(18(2)3)17-11(16-9)19-8-7-12-5-6-14-8/h5-7H,4H2,1-3H3,(H,13,15,16,17). The van der Waals surface area contributed by atoms with E-state index in [9.17, 15) is 0 Å². The Kier molecular flexibility index (Phi) is 4.45. The van der Waals surface area contributed by atoms with Gasteiger partial charge in [-0.05, 0) is 18.7 Å². The number of nitrogens with zero attached hydrogens (tertiary/aromatic N) is 6. The third-order valence-electron chi connectivity index (χ3n) is 2.07. The molecule has 100 valence electrons. The van der Waals surface area contributed by atoms with E-state index in [4.69, 9.17) is 0 Å². The fraction of sp³-hybridized carbons (Fsp3) is 0.364. The van der Waals surface area contributed by atoms with E-state index < -0.39 is 0 Å². The van der Waals surface area contributed by atoms with Crippen molar-refractivity contribution in [2.45, 2.75) is 17.1 Å². The van der Waals surface area contributed by atoms with E-state index in [0.29, 0.717) is 17.1 Å². The van der Waals surface area contributed by atoms with Crippen LogP contribution in [0.15, 0.2) is 28.8 Å². The summed E-state index contributed by atoms with van der Waals surface area (Å²) in [7, 11) is 3.78. The molecule has 2 rings (SSSR count). The van der Waals surface area contributed by atoms with Gasteiger partial charge in [0.25, 0.3) is 0 Å². The molecule has 0 fully saturated rings. The highest BCUT2D eigenvalue weighted by atomic mass is 32.2. The Morgan fingerprint density at radius 3 is 2.68 bits per heavy atom. The molecule has 0 aliphatic heterocycles. The molecule has 0 unspecified atom stereocenters. The maximum Gasteiger partial charge on any atom is 0.230 e. The van der Waals surface area contributed by atoms with Crippen molar-refractivity contribution in [1.82, 2.24) is 24.9 Å². The molecule has 0 radical (unpaired) electrons. The van der Waals surface area contributed by atoms with E-state index in [1.165, 1.54) is 11.8 Å². The zero-order valence-corrected chi connectivity index (χ0v) is 11.8. The molecule has 0 amide bonds. The fourth-order valence-corrected chi connectivity index (χ4v) is 1.93. The Hall–Kier alpha value is -1.96. The van der Waals surface area contributed by atoms with Gasteiger partial charge in [0, 0.05) is 33.0 Å². The predicted molar refractivity (Wildman–Crippen MR) is 74.5 cm³/mol. The summed E-state index contributed by atoms with van der Waals surface area (Å²) in [5.41, 5.74) is 0. The highest BCUT2D eigenvalue weighted by Gasteiger charge is 2.09. The van der Waals surface area contributed by atoms with E-state index in [1.807, 2.05) is 25.9 Å². The van der Waals surface area contributed by atoms with Crippen LogP contribution in [0, 0.1) is 0 Å². The summed E-state index contributed by atoms with van der Waals surface area (Å²) in [5.74, 6) is 1.17. The van der Waals surface area contributed by atoms with Crippen LogP contribution in [0.5, 0.6) is 0 Å². The van der Waals surface area contributed by atoms with Crippen LogP contribution in [0.4, 0.5) is 11.9 Å². The lowest BCUT2D eigenvalue weighted by molar-refractivity contribution is 0.861. The topological polar surface area (TPSA) is 79.7 Å². The first kappa shape index (κ1) is 13.5. The maximum absolute atomic E-state index is 4.37. The predicted octanol–water partition coefficient (Wildman–Crippen LogP) is 1.31. The lowest BCUT2D eigenvalue weighted by atomic mass is 10.7. The van der Waals surface area contributed by atoms with Crippen LogP contribution >= 0.6 is 11.8 Å². The minimum Gasteiger partial charge on any atom is -0.354 e. The van der Waals surface area contributed by atoms with E-state index in [-0.39, 0.29) is 0 Å². The molecule has 0 atom stereocenters. The number of rotatable bonds is 5. The van der Waals surface area contributed by atoms with Gasteiger partial charge in [-0.25, -0.2) is 4.98 Å². The van der Waals surface area contributed by atoms with Crippen molar-refractivity contribution in [1.29, 1.82) is 0 Å². The molecule has 0 saturated carbocycles. The molecule has 0 saturated heterocycles. The summed E-state index contributed by atoms with van der Waals surface area (Å²) in [6.45, 7) is 2.75. The lowest BCUT2D eigenvalue weighted by Gasteiger charge is -2.12. The average Bonchev–Trinajstić information content (AvgIpc) is 2.40. The number of hydrogen-bond acceptors (Lipinski definition) is 8. The minimum absolute atomic E-state index is 0.563. The van der Waals surface area contributed by atoms with Gasteiger partial charge in [0.15, 0.2) is 0 Å². The summed E-state index contributed by atoms with van der Waals surface area (Å²) >= 11 is 1.36. The second-order valence-electron chi connectivity index (χ2n) is 3.81. The lowest BCUT2D eigenvalue weighted by Crippen LogP contribution is -2.15. The van der Waals surface area contributed by atoms with Crippen LogP contribution in [0.3, 0.4) is 0 Å². The molecule has 19 heavy (non-hydrogen) atoms. The summed E-state index contributed by atoms with van der Waals surface area (Å²) in [6, 6.07) is 0. The van der Waals surface area contributed by atoms with Gasteiger partial charge in [-0.15, -0.1) is 0 Å². The average molecular weight is 277 g/mol. The molecule has 7 nitrogen and oxygen atoms in total. The Bertz CT molecular complexity index is 532. The highest BCUT2D eigenvalue weighted by molar-refractivity contribution is 7.99. The van der Waals surface area contributed by atoms with Gasteiger partial charge < -0.3 is 10.2 Å². The van der Waals surface area contributed by atoms with Gasteiger partial charge in [-0.3, -0.25) is 4.98 Å². The molecule has 0 bridgehead atoms. The first-order chi connectivity index (χ1) is 9.19. The van der Waals surface area contributed by atoms with Crippen LogP contribution in [0.25, 0.3) is 0 Å². The van der Waals surface area contributed by atoms with Gasteiger partial charge in [0.1, 0.15) is 5.03 Å². The number of nitrogens with one attached hydrogen (secondary N) is 1. The molecule has 8 heteroatoms. The van der Waals surface area contributed by atoms with Crippen molar-refractivity contribution in [3.8, 4) is 0 Å². The molecule has 0 aliphatic rings. The maximum atomic E-state index is 4.37. The smallest absolute Gasteiger partial charge is 0.230 e. The largest absolute Gasteiger partial charge is 0.354 e. The van der Waals surface area contributed by atoms with Crippen LogP contribution in [-0.2, 0) is 0 Å². The van der Waals surface area contributed by atoms with Gasteiger partial charge in [0.05, 0.1) is 6.20 Å².